The summed E-state index contributed by atoms with van der Waals surface area (Å²) in [4.78, 5) is 1.94. The maximum atomic E-state index is 10.8. The smallest absolute Gasteiger partial charge is 0.265 e. The molecule has 1 aliphatic rings. The summed E-state index contributed by atoms with van der Waals surface area (Å²) in [6.45, 7) is 4.44. The van der Waals surface area contributed by atoms with Gasteiger partial charge in [-0.25, -0.2) is 0 Å². The fourth-order valence-corrected chi connectivity index (χ4v) is 1.88. The van der Waals surface area contributed by atoms with Crippen molar-refractivity contribution >= 4 is 10.1 Å². The largest absolute Gasteiger partial charge is 0.379 e. The highest BCUT2D eigenvalue weighted by molar-refractivity contribution is 7.86. The molecule has 1 rings (SSSR count). The van der Waals surface area contributed by atoms with Crippen LogP contribution < -0.4 is 0 Å². The fourth-order valence-electron chi connectivity index (χ4n) is 1.25. The van der Waals surface area contributed by atoms with E-state index < -0.39 is 10.1 Å². The second-order valence-corrected chi connectivity index (χ2v) is 4.65. The van der Waals surface area contributed by atoms with Crippen LogP contribution in [-0.2, 0) is 19.0 Å². The molecule has 1 unspecified atom stereocenters. The zero-order valence-corrected chi connectivity index (χ0v) is 8.71. The lowest BCUT2D eigenvalue weighted by Gasteiger charge is -2.30. The second-order valence-electron chi connectivity index (χ2n) is 3.05. The quantitative estimate of drug-likeness (QED) is 0.594. The van der Waals surface area contributed by atoms with Gasteiger partial charge in [0.05, 0.1) is 19.5 Å². The Kier molecular flexibility index (Phi) is 3.66. The van der Waals surface area contributed by atoms with Crippen molar-refractivity contribution in [2.45, 2.75) is 13.2 Å². The predicted octanol–water partition coefficient (Wildman–Crippen LogP) is -0.359. The van der Waals surface area contributed by atoms with Gasteiger partial charge in [0, 0.05) is 13.1 Å². The van der Waals surface area contributed by atoms with E-state index in [-0.39, 0.29) is 6.23 Å². The summed E-state index contributed by atoms with van der Waals surface area (Å²) >= 11 is 0. The Hall–Kier alpha value is -0.170. The van der Waals surface area contributed by atoms with E-state index in [9.17, 15) is 8.42 Å². The summed E-state index contributed by atoms with van der Waals surface area (Å²) in [6, 6.07) is 0. The Morgan fingerprint density at radius 1 is 1.38 bits per heavy atom. The average molecular weight is 209 g/mol. The van der Waals surface area contributed by atoms with Crippen LogP contribution in [0, 0.1) is 0 Å². The van der Waals surface area contributed by atoms with Crippen molar-refractivity contribution < 1.29 is 17.3 Å². The van der Waals surface area contributed by atoms with E-state index in [4.69, 9.17) is 8.92 Å². The van der Waals surface area contributed by atoms with Crippen molar-refractivity contribution in [2.75, 3.05) is 32.6 Å². The third kappa shape index (κ3) is 4.04. The van der Waals surface area contributed by atoms with Gasteiger partial charge in [-0.2, -0.15) is 8.42 Å². The molecule has 1 heterocycles. The van der Waals surface area contributed by atoms with Crippen molar-refractivity contribution in [1.29, 1.82) is 0 Å². The fraction of sp³-hybridized carbons (Fsp3) is 1.00. The molecule has 0 N–H and O–H groups in total. The van der Waals surface area contributed by atoms with Crippen molar-refractivity contribution in [3.8, 4) is 0 Å². The Bertz CT molecular complexity index is 245. The summed E-state index contributed by atoms with van der Waals surface area (Å²) in [5.41, 5.74) is 0. The SMILES string of the molecule is CC(OS(C)(=O)=O)N1CCOCC1. The standard InChI is InChI=1S/C7H15NO4S/c1-7(12-13(2,9)10)8-3-5-11-6-4-8/h7H,3-6H2,1-2H3. The van der Waals surface area contributed by atoms with Crippen LogP contribution in [0.15, 0.2) is 0 Å². The van der Waals surface area contributed by atoms with E-state index in [1.807, 2.05) is 4.90 Å². The molecule has 78 valence electrons. The minimum Gasteiger partial charge on any atom is -0.379 e. The van der Waals surface area contributed by atoms with Gasteiger partial charge in [0.1, 0.15) is 6.23 Å². The number of hydrogen-bond acceptors (Lipinski definition) is 5. The number of rotatable bonds is 3. The van der Waals surface area contributed by atoms with Crippen LogP contribution in [0.2, 0.25) is 0 Å². The van der Waals surface area contributed by atoms with Gasteiger partial charge in [0.25, 0.3) is 10.1 Å². The first kappa shape index (κ1) is 10.9. The minimum absolute atomic E-state index is 0.390. The first-order chi connectivity index (χ1) is 5.99. The number of morpholine rings is 1. The summed E-state index contributed by atoms with van der Waals surface area (Å²) in [5, 5.41) is 0. The highest BCUT2D eigenvalue weighted by atomic mass is 32.2. The van der Waals surface area contributed by atoms with Gasteiger partial charge >= 0.3 is 0 Å². The topological polar surface area (TPSA) is 55.8 Å². The van der Waals surface area contributed by atoms with Crippen molar-refractivity contribution in [3.63, 3.8) is 0 Å². The van der Waals surface area contributed by atoms with Gasteiger partial charge in [0.2, 0.25) is 0 Å². The van der Waals surface area contributed by atoms with E-state index in [0.717, 1.165) is 19.3 Å². The molecule has 5 nitrogen and oxygen atoms in total. The molecular formula is C7H15NO4S. The normalized spacial score (nSPS) is 22.9. The molecule has 1 saturated heterocycles. The van der Waals surface area contributed by atoms with Crippen LogP contribution in [0.4, 0.5) is 0 Å². The molecule has 0 spiro atoms. The van der Waals surface area contributed by atoms with Gasteiger partial charge < -0.3 is 4.74 Å². The Labute approximate surface area is 78.7 Å². The Balaban J connectivity index is 2.42. The molecule has 0 aliphatic carbocycles. The lowest BCUT2D eigenvalue weighted by atomic mass is 10.4. The van der Waals surface area contributed by atoms with Gasteiger partial charge in [-0.1, -0.05) is 0 Å². The predicted molar refractivity (Wildman–Crippen MR) is 47.8 cm³/mol. The van der Waals surface area contributed by atoms with Gasteiger partial charge in [0.15, 0.2) is 0 Å². The summed E-state index contributed by atoms with van der Waals surface area (Å²) in [5.74, 6) is 0. The van der Waals surface area contributed by atoms with Gasteiger partial charge in [-0.3, -0.25) is 9.08 Å². The highest BCUT2D eigenvalue weighted by Gasteiger charge is 2.20. The molecule has 1 fully saturated rings. The zero-order chi connectivity index (χ0) is 9.90. The van der Waals surface area contributed by atoms with Crippen molar-refractivity contribution in [1.82, 2.24) is 4.90 Å². The van der Waals surface area contributed by atoms with E-state index in [2.05, 4.69) is 0 Å². The maximum absolute atomic E-state index is 10.8. The Morgan fingerprint density at radius 2 is 1.92 bits per heavy atom. The molecule has 0 aromatic rings. The summed E-state index contributed by atoms with van der Waals surface area (Å²) in [7, 11) is -3.36. The van der Waals surface area contributed by atoms with E-state index in [0.29, 0.717) is 13.2 Å². The zero-order valence-electron chi connectivity index (χ0n) is 7.89. The maximum Gasteiger partial charge on any atom is 0.265 e. The third-order valence-electron chi connectivity index (χ3n) is 1.87. The van der Waals surface area contributed by atoms with Crippen molar-refractivity contribution in [3.05, 3.63) is 0 Å². The molecule has 1 aliphatic heterocycles. The van der Waals surface area contributed by atoms with Crippen LogP contribution in [0.3, 0.4) is 0 Å². The lowest BCUT2D eigenvalue weighted by Crippen LogP contribution is -2.44. The van der Waals surface area contributed by atoms with E-state index >= 15 is 0 Å². The molecular weight excluding hydrogens is 194 g/mol. The molecule has 0 saturated carbocycles. The van der Waals surface area contributed by atoms with Crippen LogP contribution in [0.25, 0.3) is 0 Å². The molecule has 1 atom stereocenters. The molecule has 6 heteroatoms. The van der Waals surface area contributed by atoms with Crippen molar-refractivity contribution in [2.24, 2.45) is 0 Å². The summed E-state index contributed by atoms with van der Waals surface area (Å²) in [6.07, 6.45) is 0.670. The first-order valence-corrected chi connectivity index (χ1v) is 6.01. The van der Waals surface area contributed by atoms with Crippen LogP contribution in [0.1, 0.15) is 6.92 Å². The number of nitrogens with zero attached hydrogens (tertiary/aromatic N) is 1. The first-order valence-electron chi connectivity index (χ1n) is 4.19. The number of hydrogen-bond donors (Lipinski definition) is 0. The lowest BCUT2D eigenvalue weighted by molar-refractivity contribution is -0.0345. The molecule has 0 bridgehead atoms. The number of ether oxygens (including phenoxy) is 1. The molecule has 13 heavy (non-hydrogen) atoms. The average Bonchev–Trinajstić information content (AvgIpc) is 2.03. The molecule has 0 amide bonds. The van der Waals surface area contributed by atoms with Crippen LogP contribution in [0.5, 0.6) is 0 Å². The third-order valence-corrected chi connectivity index (χ3v) is 2.50. The Morgan fingerprint density at radius 3 is 2.38 bits per heavy atom. The minimum atomic E-state index is -3.36. The van der Waals surface area contributed by atoms with Gasteiger partial charge in [-0.15, -0.1) is 0 Å². The van der Waals surface area contributed by atoms with Crippen LogP contribution >= 0.6 is 0 Å². The van der Waals surface area contributed by atoms with Gasteiger partial charge in [-0.05, 0) is 6.92 Å². The summed E-state index contributed by atoms with van der Waals surface area (Å²) < 4.78 is 31.6. The van der Waals surface area contributed by atoms with E-state index in [1.165, 1.54) is 0 Å². The van der Waals surface area contributed by atoms with Crippen LogP contribution in [-0.4, -0.2) is 52.1 Å². The van der Waals surface area contributed by atoms with E-state index in [1.54, 1.807) is 6.92 Å². The second kappa shape index (κ2) is 4.36. The molecule has 0 radical (unpaired) electrons. The molecule has 0 aromatic carbocycles. The monoisotopic (exact) mass is 209 g/mol. The highest BCUT2D eigenvalue weighted by Crippen LogP contribution is 2.06. The molecule has 0 aromatic heterocycles.